The number of nitrogens with one attached hydrogen (secondary N) is 2. The number of carbonyl (C=O) groups is 1. The lowest BCUT2D eigenvalue weighted by Gasteiger charge is -2.36. The van der Waals surface area contributed by atoms with Crippen molar-refractivity contribution in [3.05, 3.63) is 35.4 Å². The van der Waals surface area contributed by atoms with Crippen LogP contribution in [0.2, 0.25) is 0 Å². The quantitative estimate of drug-likeness (QED) is 0.819. The highest BCUT2D eigenvalue weighted by Crippen LogP contribution is 2.42. The van der Waals surface area contributed by atoms with E-state index in [0.717, 1.165) is 31.2 Å². The van der Waals surface area contributed by atoms with Gasteiger partial charge in [-0.1, -0.05) is 31.2 Å². The molecule has 1 aromatic carbocycles. The van der Waals surface area contributed by atoms with Crippen molar-refractivity contribution in [2.24, 2.45) is 4.99 Å². The Labute approximate surface area is 118 Å². The van der Waals surface area contributed by atoms with Crippen LogP contribution in [-0.2, 0) is 10.3 Å². The zero-order valence-electron chi connectivity index (χ0n) is 11.6. The van der Waals surface area contributed by atoms with Gasteiger partial charge >= 0.3 is 0 Å². The molecule has 4 heteroatoms. The second-order valence-electron chi connectivity index (χ2n) is 6.22. The van der Waals surface area contributed by atoms with Crippen molar-refractivity contribution in [1.29, 1.82) is 0 Å². The molecule has 3 aliphatic rings. The molecule has 0 aromatic heterocycles. The van der Waals surface area contributed by atoms with E-state index in [0.29, 0.717) is 17.9 Å². The number of nitrogens with zero attached hydrogens (tertiary/aromatic N) is 1. The van der Waals surface area contributed by atoms with Crippen LogP contribution in [0.3, 0.4) is 0 Å². The summed E-state index contributed by atoms with van der Waals surface area (Å²) in [6.07, 6.45) is 4.14. The lowest BCUT2D eigenvalue weighted by Crippen LogP contribution is -2.46. The van der Waals surface area contributed by atoms with Crippen LogP contribution in [0.4, 0.5) is 0 Å². The fourth-order valence-corrected chi connectivity index (χ4v) is 3.36. The molecule has 1 aromatic rings. The summed E-state index contributed by atoms with van der Waals surface area (Å²) in [6, 6.07) is 8.71. The first-order valence-corrected chi connectivity index (χ1v) is 7.46. The van der Waals surface area contributed by atoms with E-state index in [2.05, 4.69) is 40.7 Å². The van der Waals surface area contributed by atoms with E-state index >= 15 is 0 Å². The summed E-state index contributed by atoms with van der Waals surface area (Å²) < 4.78 is 0. The van der Waals surface area contributed by atoms with Crippen molar-refractivity contribution in [3.63, 3.8) is 0 Å². The molecule has 4 rings (SSSR count). The Morgan fingerprint density at radius 2 is 2.05 bits per heavy atom. The van der Waals surface area contributed by atoms with E-state index in [1.165, 1.54) is 5.56 Å². The van der Waals surface area contributed by atoms with Gasteiger partial charge in [-0.05, 0) is 42.7 Å². The van der Waals surface area contributed by atoms with Crippen molar-refractivity contribution >= 4 is 11.9 Å². The molecule has 2 atom stereocenters. The maximum absolute atomic E-state index is 12.6. The van der Waals surface area contributed by atoms with Gasteiger partial charge in [0, 0.05) is 0 Å². The van der Waals surface area contributed by atoms with Gasteiger partial charge in [0.05, 0.1) is 6.04 Å². The minimum Gasteiger partial charge on any atom is -0.338 e. The zero-order chi connectivity index (χ0) is 13.7. The Hall–Kier alpha value is -1.84. The van der Waals surface area contributed by atoms with Crippen molar-refractivity contribution in [2.45, 2.75) is 50.1 Å². The number of hydrogen-bond donors (Lipinski definition) is 2. The standard InChI is InChI=1S/C16H19N3O/c1-10-8-9-16(13-5-3-2-4-12(10)13)14(20)18-15(19-16)17-11-6-7-11/h2-5,10-11H,6-9H2,1H3,(H2,17,18,19,20). The van der Waals surface area contributed by atoms with Crippen LogP contribution in [-0.4, -0.2) is 17.9 Å². The van der Waals surface area contributed by atoms with Crippen LogP contribution in [0.5, 0.6) is 0 Å². The number of fused-ring (bicyclic) bond motifs is 2. The van der Waals surface area contributed by atoms with E-state index < -0.39 is 5.54 Å². The Kier molecular flexibility index (Phi) is 2.43. The Bertz CT molecular complexity index is 605. The summed E-state index contributed by atoms with van der Waals surface area (Å²) in [7, 11) is 0. The molecule has 1 saturated heterocycles. The highest BCUT2D eigenvalue weighted by Gasteiger charge is 2.50. The maximum Gasteiger partial charge on any atom is 0.257 e. The molecular weight excluding hydrogens is 250 g/mol. The smallest absolute Gasteiger partial charge is 0.257 e. The van der Waals surface area contributed by atoms with Crippen molar-refractivity contribution in [1.82, 2.24) is 10.6 Å². The summed E-state index contributed by atoms with van der Waals surface area (Å²) in [5, 5.41) is 6.33. The molecule has 104 valence electrons. The number of benzene rings is 1. The highest BCUT2D eigenvalue weighted by atomic mass is 16.2. The van der Waals surface area contributed by atoms with Crippen LogP contribution < -0.4 is 10.6 Å². The van der Waals surface area contributed by atoms with Crippen molar-refractivity contribution in [2.75, 3.05) is 0 Å². The fourth-order valence-electron chi connectivity index (χ4n) is 3.36. The monoisotopic (exact) mass is 269 g/mol. The molecule has 0 bridgehead atoms. The predicted octanol–water partition coefficient (Wildman–Crippen LogP) is 2.02. The lowest BCUT2D eigenvalue weighted by molar-refractivity contribution is -0.124. The molecule has 2 fully saturated rings. The van der Waals surface area contributed by atoms with Crippen molar-refractivity contribution in [3.8, 4) is 0 Å². The molecule has 4 nitrogen and oxygen atoms in total. The van der Waals surface area contributed by atoms with E-state index in [-0.39, 0.29) is 5.91 Å². The van der Waals surface area contributed by atoms with Gasteiger partial charge in [-0.3, -0.25) is 10.1 Å². The van der Waals surface area contributed by atoms with Crippen LogP contribution in [0.15, 0.2) is 29.3 Å². The summed E-state index contributed by atoms with van der Waals surface area (Å²) in [4.78, 5) is 17.1. The molecule has 1 saturated carbocycles. The normalized spacial score (nSPS) is 34.0. The Morgan fingerprint density at radius 1 is 1.25 bits per heavy atom. The van der Waals surface area contributed by atoms with Crippen LogP contribution in [0.1, 0.15) is 49.7 Å². The molecule has 20 heavy (non-hydrogen) atoms. The molecule has 2 aliphatic carbocycles. The van der Waals surface area contributed by atoms with Crippen LogP contribution >= 0.6 is 0 Å². The third-order valence-electron chi connectivity index (χ3n) is 4.71. The zero-order valence-corrected chi connectivity index (χ0v) is 11.6. The van der Waals surface area contributed by atoms with Gasteiger partial charge in [-0.2, -0.15) is 0 Å². The molecule has 1 aliphatic heterocycles. The number of carbonyl (C=O) groups excluding carboxylic acids is 1. The minimum atomic E-state index is -0.600. The Balaban J connectivity index is 1.77. The number of guanidine groups is 1. The molecule has 1 spiro atoms. The van der Waals surface area contributed by atoms with Gasteiger partial charge in [0.1, 0.15) is 5.54 Å². The molecule has 0 radical (unpaired) electrons. The molecule has 1 heterocycles. The molecule has 2 N–H and O–H groups in total. The largest absolute Gasteiger partial charge is 0.338 e. The summed E-state index contributed by atoms with van der Waals surface area (Å²) in [5.41, 5.74) is 1.81. The molecular formula is C16H19N3O. The lowest BCUT2D eigenvalue weighted by atomic mass is 9.72. The van der Waals surface area contributed by atoms with Gasteiger partial charge < -0.3 is 5.32 Å². The first-order chi connectivity index (χ1) is 9.69. The van der Waals surface area contributed by atoms with Gasteiger partial charge in [-0.25, -0.2) is 4.99 Å². The predicted molar refractivity (Wildman–Crippen MR) is 77.5 cm³/mol. The third kappa shape index (κ3) is 1.67. The topological polar surface area (TPSA) is 53.5 Å². The number of rotatable bonds is 1. The summed E-state index contributed by atoms with van der Waals surface area (Å²) in [5.74, 6) is 1.23. The SMILES string of the molecule is CC1CCC2(NC(=NC3CC3)NC2=O)c2ccccc21. The van der Waals surface area contributed by atoms with E-state index in [9.17, 15) is 4.79 Å². The number of amides is 1. The first kappa shape index (κ1) is 11.9. The second-order valence-corrected chi connectivity index (χ2v) is 6.22. The number of aliphatic imine (C=N–C) groups is 1. The van der Waals surface area contributed by atoms with Crippen LogP contribution in [0, 0.1) is 0 Å². The average molecular weight is 269 g/mol. The first-order valence-electron chi connectivity index (χ1n) is 7.46. The van der Waals surface area contributed by atoms with Gasteiger partial charge in [0.25, 0.3) is 5.91 Å². The van der Waals surface area contributed by atoms with E-state index in [4.69, 9.17) is 0 Å². The highest BCUT2D eigenvalue weighted by molar-refractivity contribution is 6.09. The van der Waals surface area contributed by atoms with Gasteiger partial charge in [-0.15, -0.1) is 0 Å². The fraction of sp³-hybridized carbons (Fsp3) is 0.500. The maximum atomic E-state index is 12.6. The molecule has 1 amide bonds. The van der Waals surface area contributed by atoms with E-state index in [1.807, 2.05) is 6.07 Å². The molecule has 2 unspecified atom stereocenters. The second kappa shape index (κ2) is 4.08. The van der Waals surface area contributed by atoms with Crippen LogP contribution in [0.25, 0.3) is 0 Å². The Morgan fingerprint density at radius 3 is 2.85 bits per heavy atom. The minimum absolute atomic E-state index is 0.0521. The summed E-state index contributed by atoms with van der Waals surface area (Å²) >= 11 is 0. The average Bonchev–Trinajstić information content (AvgIpc) is 3.20. The van der Waals surface area contributed by atoms with E-state index in [1.54, 1.807) is 0 Å². The summed E-state index contributed by atoms with van der Waals surface area (Å²) in [6.45, 7) is 2.23. The van der Waals surface area contributed by atoms with Gasteiger partial charge in [0.15, 0.2) is 5.96 Å². The number of hydrogen-bond acceptors (Lipinski definition) is 2. The van der Waals surface area contributed by atoms with Gasteiger partial charge in [0.2, 0.25) is 0 Å². The van der Waals surface area contributed by atoms with Crippen molar-refractivity contribution < 1.29 is 4.79 Å². The third-order valence-corrected chi connectivity index (χ3v) is 4.71.